The van der Waals surface area contributed by atoms with Gasteiger partial charge in [0.1, 0.15) is 6.33 Å². The van der Waals surface area contributed by atoms with Crippen LogP contribution in [-0.2, 0) is 7.05 Å². The molecule has 0 spiro atoms. The molecule has 0 aliphatic heterocycles. The first kappa shape index (κ1) is 10.5. The number of aromatic amines is 2. The summed E-state index contributed by atoms with van der Waals surface area (Å²) in [6.07, 6.45) is 1.31. The van der Waals surface area contributed by atoms with Crippen molar-refractivity contribution in [3.05, 3.63) is 38.8 Å². The molecule has 8 heteroatoms. The molecule has 0 amide bonds. The summed E-state index contributed by atoms with van der Waals surface area (Å²) in [5.74, 6) is 0.294. The van der Waals surface area contributed by atoms with Crippen LogP contribution in [0.15, 0.2) is 22.0 Å². The fourth-order valence-electron chi connectivity index (χ4n) is 2.06. The lowest BCUT2D eigenvalue weighted by molar-refractivity contribution is 0.751. The van der Waals surface area contributed by atoms with Crippen molar-refractivity contribution in [1.29, 1.82) is 0 Å². The zero-order valence-electron chi connectivity index (χ0n) is 9.76. The summed E-state index contributed by atoms with van der Waals surface area (Å²) in [6, 6.07) is 1.37. The number of nitrogens with one attached hydrogen (secondary N) is 2. The molecule has 18 heavy (non-hydrogen) atoms. The molecule has 3 heterocycles. The van der Waals surface area contributed by atoms with Crippen LogP contribution in [0.5, 0.6) is 0 Å². The Kier molecular flexibility index (Phi) is 2.00. The van der Waals surface area contributed by atoms with E-state index in [4.69, 9.17) is 0 Å². The van der Waals surface area contributed by atoms with E-state index < -0.39 is 0 Å². The molecule has 0 aliphatic rings. The first-order valence-electron chi connectivity index (χ1n) is 5.26. The first-order valence-corrected chi connectivity index (χ1v) is 5.26. The molecular formula is C10H10N6O2. The van der Waals surface area contributed by atoms with Crippen molar-refractivity contribution in [2.45, 2.75) is 6.92 Å². The molecule has 0 saturated heterocycles. The van der Waals surface area contributed by atoms with Crippen LogP contribution in [0.4, 0.5) is 0 Å². The van der Waals surface area contributed by atoms with Gasteiger partial charge in [-0.3, -0.25) is 19.4 Å². The van der Waals surface area contributed by atoms with Crippen molar-refractivity contribution in [1.82, 2.24) is 29.5 Å². The summed E-state index contributed by atoms with van der Waals surface area (Å²) >= 11 is 0. The summed E-state index contributed by atoms with van der Waals surface area (Å²) < 4.78 is 2.66. The second-order valence-electron chi connectivity index (χ2n) is 3.98. The highest BCUT2D eigenvalue weighted by molar-refractivity contribution is 5.80. The van der Waals surface area contributed by atoms with Gasteiger partial charge in [-0.05, 0) is 6.92 Å². The molecule has 3 aromatic heterocycles. The highest BCUT2D eigenvalue weighted by atomic mass is 16.1. The van der Waals surface area contributed by atoms with Crippen molar-refractivity contribution in [3.8, 4) is 5.95 Å². The largest absolute Gasteiger partial charge is 0.295 e. The van der Waals surface area contributed by atoms with Gasteiger partial charge in [0.2, 0.25) is 5.95 Å². The number of rotatable bonds is 1. The maximum Gasteiger partial charge on any atom is 0.275 e. The second kappa shape index (κ2) is 3.42. The lowest BCUT2D eigenvalue weighted by Gasteiger charge is -2.05. The van der Waals surface area contributed by atoms with Gasteiger partial charge in [0.15, 0.2) is 0 Å². The van der Waals surface area contributed by atoms with E-state index >= 15 is 0 Å². The maximum atomic E-state index is 12.0. The predicted molar refractivity (Wildman–Crippen MR) is 63.8 cm³/mol. The minimum atomic E-state index is -0.279. The second-order valence-corrected chi connectivity index (χ2v) is 3.98. The number of aromatic nitrogens is 6. The summed E-state index contributed by atoms with van der Waals surface area (Å²) in [6.45, 7) is 1.70. The minimum Gasteiger partial charge on any atom is -0.295 e. The predicted octanol–water partition coefficient (Wildman–Crippen LogP) is -0.556. The van der Waals surface area contributed by atoms with E-state index in [0.29, 0.717) is 22.5 Å². The van der Waals surface area contributed by atoms with E-state index in [9.17, 15) is 9.59 Å². The number of hydrogen-bond acceptors (Lipinski definition) is 4. The Balaban J connectivity index is 2.51. The maximum absolute atomic E-state index is 12.0. The van der Waals surface area contributed by atoms with E-state index in [0.717, 1.165) is 0 Å². The minimum absolute atomic E-state index is 0.184. The third-order valence-electron chi connectivity index (χ3n) is 2.88. The fourth-order valence-corrected chi connectivity index (χ4v) is 2.06. The molecule has 8 nitrogen and oxygen atoms in total. The zero-order chi connectivity index (χ0) is 12.9. The third-order valence-corrected chi connectivity index (χ3v) is 2.88. The Hall–Kier alpha value is -2.64. The number of H-pyrrole nitrogens is 2. The fraction of sp³-hybridized carbons (Fsp3) is 0.200. The Morgan fingerprint density at radius 1 is 1.33 bits per heavy atom. The molecule has 2 N–H and O–H groups in total. The van der Waals surface area contributed by atoms with E-state index in [1.807, 2.05) is 0 Å². The molecule has 3 rings (SSSR count). The Labute approximate surface area is 99.9 Å². The molecule has 0 radical (unpaired) electrons. The van der Waals surface area contributed by atoms with Crippen LogP contribution in [-0.4, -0.2) is 29.5 Å². The molecule has 0 bridgehead atoms. The number of aryl methyl sites for hydroxylation is 2. The van der Waals surface area contributed by atoms with Crippen molar-refractivity contribution in [3.63, 3.8) is 0 Å². The number of pyridine rings is 1. The van der Waals surface area contributed by atoms with Gasteiger partial charge in [-0.15, -0.1) is 0 Å². The lowest BCUT2D eigenvalue weighted by atomic mass is 10.2. The van der Waals surface area contributed by atoms with Crippen molar-refractivity contribution < 1.29 is 0 Å². The monoisotopic (exact) mass is 246 g/mol. The third kappa shape index (κ3) is 1.25. The summed E-state index contributed by atoms with van der Waals surface area (Å²) in [7, 11) is 1.60. The average Bonchev–Trinajstić information content (AvgIpc) is 2.89. The molecule has 0 saturated carbocycles. The Bertz CT molecular complexity index is 836. The van der Waals surface area contributed by atoms with Gasteiger partial charge in [0.25, 0.3) is 11.1 Å². The smallest absolute Gasteiger partial charge is 0.275 e. The first-order chi connectivity index (χ1) is 8.59. The summed E-state index contributed by atoms with van der Waals surface area (Å²) in [5, 5.41) is 9.60. The topological polar surface area (TPSA) is 101 Å². The van der Waals surface area contributed by atoms with Crippen LogP contribution in [0.2, 0.25) is 0 Å². The van der Waals surface area contributed by atoms with Gasteiger partial charge in [-0.2, -0.15) is 10.1 Å². The molecule has 0 unspecified atom stereocenters. The van der Waals surface area contributed by atoms with Crippen LogP contribution >= 0.6 is 0 Å². The van der Waals surface area contributed by atoms with E-state index in [1.54, 1.807) is 14.0 Å². The van der Waals surface area contributed by atoms with Crippen molar-refractivity contribution in [2.75, 3.05) is 0 Å². The van der Waals surface area contributed by atoms with E-state index in [1.165, 1.54) is 21.6 Å². The van der Waals surface area contributed by atoms with Crippen molar-refractivity contribution in [2.24, 2.45) is 7.05 Å². The number of fused-ring (bicyclic) bond motifs is 1. The van der Waals surface area contributed by atoms with Crippen LogP contribution in [0.3, 0.4) is 0 Å². The molecule has 0 aromatic carbocycles. The standard InChI is InChI=1S/C10H10N6O2/c1-5-8-6(14-15(2)9(8)18)3-7(17)16(5)10-11-4-12-13-10/h3-4,14H,1-2H3,(H,11,12,13). The van der Waals surface area contributed by atoms with Gasteiger partial charge < -0.3 is 0 Å². The molecule has 3 aromatic rings. The zero-order valence-corrected chi connectivity index (χ0v) is 9.76. The molecular weight excluding hydrogens is 236 g/mol. The highest BCUT2D eigenvalue weighted by Gasteiger charge is 2.14. The highest BCUT2D eigenvalue weighted by Crippen LogP contribution is 2.11. The summed E-state index contributed by atoms with van der Waals surface area (Å²) in [5.41, 5.74) is 0.575. The van der Waals surface area contributed by atoms with Crippen LogP contribution in [0.25, 0.3) is 16.9 Å². The SMILES string of the molecule is Cc1c2c(=O)n(C)[nH]c2cc(=O)n1-c1ncn[nH]1. The van der Waals surface area contributed by atoms with Crippen LogP contribution in [0, 0.1) is 6.92 Å². The lowest BCUT2D eigenvalue weighted by Crippen LogP contribution is -2.22. The van der Waals surface area contributed by atoms with Gasteiger partial charge in [0, 0.05) is 18.8 Å². The summed E-state index contributed by atoms with van der Waals surface area (Å²) in [4.78, 5) is 27.9. The molecule has 0 fully saturated rings. The number of nitrogens with zero attached hydrogens (tertiary/aromatic N) is 4. The van der Waals surface area contributed by atoms with Crippen LogP contribution < -0.4 is 11.1 Å². The molecule has 0 aliphatic carbocycles. The van der Waals surface area contributed by atoms with Crippen molar-refractivity contribution >= 4 is 10.9 Å². The quantitative estimate of drug-likeness (QED) is 0.601. The number of hydrogen-bond donors (Lipinski definition) is 2. The molecule has 92 valence electrons. The normalized spacial score (nSPS) is 11.2. The Morgan fingerprint density at radius 2 is 2.11 bits per heavy atom. The van der Waals surface area contributed by atoms with Gasteiger partial charge in [-0.1, -0.05) is 0 Å². The van der Waals surface area contributed by atoms with E-state index in [-0.39, 0.29) is 11.1 Å². The molecule has 0 atom stereocenters. The van der Waals surface area contributed by atoms with Gasteiger partial charge >= 0.3 is 0 Å². The van der Waals surface area contributed by atoms with Gasteiger partial charge in [0.05, 0.1) is 10.9 Å². The van der Waals surface area contributed by atoms with E-state index in [2.05, 4.69) is 20.3 Å². The van der Waals surface area contributed by atoms with Gasteiger partial charge in [-0.25, -0.2) is 9.67 Å². The van der Waals surface area contributed by atoms with Crippen LogP contribution in [0.1, 0.15) is 5.69 Å². The average molecular weight is 246 g/mol. The Morgan fingerprint density at radius 3 is 2.78 bits per heavy atom.